The van der Waals surface area contributed by atoms with Gasteiger partial charge in [0, 0.05) is 24.6 Å². The van der Waals surface area contributed by atoms with Gasteiger partial charge in [-0.2, -0.15) is 0 Å². The molecule has 0 spiro atoms. The summed E-state index contributed by atoms with van der Waals surface area (Å²) in [6.45, 7) is 3.48. The van der Waals surface area contributed by atoms with Gasteiger partial charge in [0.1, 0.15) is 5.82 Å². The van der Waals surface area contributed by atoms with Gasteiger partial charge in [0.05, 0.1) is 5.71 Å². The van der Waals surface area contributed by atoms with E-state index in [0.29, 0.717) is 11.5 Å². The Morgan fingerprint density at radius 3 is 3.16 bits per heavy atom. The van der Waals surface area contributed by atoms with Crippen LogP contribution in [0.25, 0.3) is 0 Å². The maximum Gasteiger partial charge on any atom is 0.177 e. The zero-order chi connectivity index (χ0) is 13.1. The van der Waals surface area contributed by atoms with E-state index < -0.39 is 0 Å². The number of piperidine rings is 1. The maximum atomic E-state index is 12.9. The number of benzene rings is 1. The van der Waals surface area contributed by atoms with Crippen LogP contribution in [-0.2, 0) is 4.84 Å². The van der Waals surface area contributed by atoms with Gasteiger partial charge in [-0.25, -0.2) is 4.39 Å². The quantitative estimate of drug-likeness (QED) is 0.460. The van der Waals surface area contributed by atoms with Crippen LogP contribution >= 0.6 is 0 Å². The summed E-state index contributed by atoms with van der Waals surface area (Å²) in [5.74, 6) is 5.99. The summed E-state index contributed by atoms with van der Waals surface area (Å²) in [5.41, 5.74) is 1.79. The number of rotatable bonds is 2. The molecule has 19 heavy (non-hydrogen) atoms. The molecule has 3 rings (SSSR count). The lowest BCUT2D eigenvalue weighted by Gasteiger charge is -2.12. The molecule has 1 aromatic carbocycles. The molecule has 0 aromatic heterocycles. The molecule has 2 aliphatic rings. The Labute approximate surface area is 112 Å². The first-order chi connectivity index (χ1) is 9.31. The average molecular weight is 258 g/mol. The molecule has 4 heteroatoms. The molecule has 0 radical (unpaired) electrons. The summed E-state index contributed by atoms with van der Waals surface area (Å²) in [7, 11) is 0. The van der Waals surface area contributed by atoms with Crippen LogP contribution in [0.15, 0.2) is 29.4 Å². The van der Waals surface area contributed by atoms with Gasteiger partial charge >= 0.3 is 0 Å². The Bertz CT molecular complexity index is 559. The smallest absolute Gasteiger partial charge is 0.177 e. The van der Waals surface area contributed by atoms with Crippen LogP contribution in [0.3, 0.4) is 0 Å². The van der Waals surface area contributed by atoms with Crippen molar-refractivity contribution >= 4 is 5.71 Å². The molecule has 2 saturated heterocycles. The number of oxime groups is 1. The lowest BCUT2D eigenvalue weighted by molar-refractivity contribution is 0.177. The Morgan fingerprint density at radius 2 is 2.42 bits per heavy atom. The first-order valence-electron chi connectivity index (χ1n) is 6.47. The largest absolute Gasteiger partial charge is 0.383 e. The molecule has 2 fully saturated rings. The summed E-state index contributed by atoms with van der Waals surface area (Å²) in [6.07, 6.45) is 1.19. The normalized spacial score (nSPS) is 26.3. The fourth-order valence-electron chi connectivity index (χ4n) is 2.56. The van der Waals surface area contributed by atoms with Crippen LogP contribution in [0.1, 0.15) is 12.0 Å². The SMILES string of the molecule is Fc1cccc(C#CCO/N=C2\CN3CCC2C3)c1. The van der Waals surface area contributed by atoms with E-state index in [1.807, 2.05) is 0 Å². The molecule has 3 nitrogen and oxygen atoms in total. The number of fused-ring (bicyclic) bond motifs is 2. The Hall–Kier alpha value is -1.86. The van der Waals surface area contributed by atoms with E-state index in [4.69, 9.17) is 4.84 Å². The van der Waals surface area contributed by atoms with Crippen molar-refractivity contribution in [3.8, 4) is 11.8 Å². The van der Waals surface area contributed by atoms with Gasteiger partial charge in [0.2, 0.25) is 0 Å². The van der Waals surface area contributed by atoms with Gasteiger partial charge in [-0.3, -0.25) is 4.90 Å². The van der Waals surface area contributed by atoms with Crippen molar-refractivity contribution in [2.45, 2.75) is 6.42 Å². The average Bonchev–Trinajstić information content (AvgIpc) is 3.01. The van der Waals surface area contributed by atoms with Crippen LogP contribution in [0.2, 0.25) is 0 Å². The standard InChI is InChI=1S/C15H15FN2O/c16-14-5-1-3-12(9-14)4-2-8-19-17-15-11-18-7-6-13(15)10-18/h1,3,5,9,13H,6-8,10-11H2/b17-15+. The second-order valence-corrected chi connectivity index (χ2v) is 4.89. The van der Waals surface area contributed by atoms with Crippen molar-refractivity contribution in [3.63, 3.8) is 0 Å². The highest BCUT2D eigenvalue weighted by Crippen LogP contribution is 2.25. The first kappa shape index (κ1) is 12.2. The Morgan fingerprint density at radius 1 is 1.47 bits per heavy atom. The van der Waals surface area contributed by atoms with Gasteiger partial charge in [-0.05, 0) is 31.2 Å². The molecule has 98 valence electrons. The summed E-state index contributed by atoms with van der Waals surface area (Å²) in [5, 5.41) is 4.15. The minimum absolute atomic E-state index is 0.243. The highest BCUT2D eigenvalue weighted by atomic mass is 19.1. The topological polar surface area (TPSA) is 24.8 Å². The fraction of sp³-hybridized carbons (Fsp3) is 0.400. The summed E-state index contributed by atoms with van der Waals surface area (Å²) in [4.78, 5) is 7.60. The third-order valence-electron chi connectivity index (χ3n) is 3.51. The number of nitrogens with zero attached hydrogens (tertiary/aromatic N) is 2. The van der Waals surface area contributed by atoms with Crippen LogP contribution < -0.4 is 0 Å². The molecule has 0 N–H and O–H groups in total. The van der Waals surface area contributed by atoms with E-state index in [1.54, 1.807) is 12.1 Å². The Kier molecular flexibility index (Phi) is 3.47. The van der Waals surface area contributed by atoms with Crippen molar-refractivity contribution in [2.24, 2.45) is 11.1 Å². The van der Waals surface area contributed by atoms with Crippen molar-refractivity contribution < 1.29 is 9.23 Å². The zero-order valence-corrected chi connectivity index (χ0v) is 10.6. The minimum Gasteiger partial charge on any atom is -0.383 e. The van der Waals surface area contributed by atoms with Gasteiger partial charge in [0.15, 0.2) is 6.61 Å². The van der Waals surface area contributed by atoms with Crippen molar-refractivity contribution in [3.05, 3.63) is 35.6 Å². The fourth-order valence-corrected chi connectivity index (χ4v) is 2.56. The molecule has 2 atom stereocenters. The third kappa shape index (κ3) is 2.94. The molecule has 2 unspecified atom stereocenters. The summed E-state index contributed by atoms with van der Waals surface area (Å²) < 4.78 is 12.9. The van der Waals surface area contributed by atoms with Crippen molar-refractivity contribution in [2.75, 3.05) is 26.2 Å². The monoisotopic (exact) mass is 258 g/mol. The number of hydrogen-bond acceptors (Lipinski definition) is 3. The molecule has 0 aliphatic carbocycles. The number of halogens is 1. The van der Waals surface area contributed by atoms with Crippen molar-refractivity contribution in [1.29, 1.82) is 0 Å². The van der Waals surface area contributed by atoms with Gasteiger partial charge in [-0.15, -0.1) is 0 Å². The molecule has 0 amide bonds. The predicted octanol–water partition coefficient (Wildman–Crippen LogP) is 1.89. The van der Waals surface area contributed by atoms with Gasteiger partial charge in [0.25, 0.3) is 0 Å². The van der Waals surface area contributed by atoms with E-state index in [9.17, 15) is 4.39 Å². The minimum atomic E-state index is -0.274. The highest BCUT2D eigenvalue weighted by molar-refractivity contribution is 5.91. The van der Waals surface area contributed by atoms with E-state index in [1.165, 1.54) is 25.1 Å². The lowest BCUT2D eigenvalue weighted by Crippen LogP contribution is -2.23. The van der Waals surface area contributed by atoms with Crippen LogP contribution in [-0.4, -0.2) is 36.9 Å². The van der Waals surface area contributed by atoms with E-state index in [2.05, 4.69) is 21.9 Å². The van der Waals surface area contributed by atoms with E-state index >= 15 is 0 Å². The first-order valence-corrected chi connectivity index (χ1v) is 6.47. The highest BCUT2D eigenvalue weighted by Gasteiger charge is 2.35. The molecular weight excluding hydrogens is 243 g/mol. The number of hydrogen-bond donors (Lipinski definition) is 0. The third-order valence-corrected chi connectivity index (χ3v) is 3.51. The molecule has 2 heterocycles. The summed E-state index contributed by atoms with van der Waals surface area (Å²) in [6, 6.07) is 6.22. The van der Waals surface area contributed by atoms with Crippen LogP contribution in [0.4, 0.5) is 4.39 Å². The molecule has 2 bridgehead atoms. The second-order valence-electron chi connectivity index (χ2n) is 4.89. The van der Waals surface area contributed by atoms with E-state index in [-0.39, 0.29) is 12.4 Å². The second kappa shape index (κ2) is 5.41. The molecule has 2 aliphatic heterocycles. The molecular formula is C15H15FN2O. The lowest BCUT2D eigenvalue weighted by atomic mass is 10.0. The van der Waals surface area contributed by atoms with Gasteiger partial charge < -0.3 is 4.84 Å². The maximum absolute atomic E-state index is 12.9. The van der Waals surface area contributed by atoms with E-state index in [0.717, 1.165) is 18.8 Å². The molecule has 1 aromatic rings. The summed E-state index contributed by atoms with van der Waals surface area (Å²) >= 11 is 0. The van der Waals surface area contributed by atoms with Crippen LogP contribution in [0.5, 0.6) is 0 Å². The van der Waals surface area contributed by atoms with Gasteiger partial charge in [-0.1, -0.05) is 23.1 Å². The predicted molar refractivity (Wildman–Crippen MR) is 71.2 cm³/mol. The van der Waals surface area contributed by atoms with Crippen molar-refractivity contribution in [1.82, 2.24) is 4.90 Å². The van der Waals surface area contributed by atoms with Crippen LogP contribution in [0, 0.1) is 23.6 Å². The Balaban J connectivity index is 1.50. The zero-order valence-electron chi connectivity index (χ0n) is 10.6. The molecule has 0 saturated carbocycles.